The summed E-state index contributed by atoms with van der Waals surface area (Å²) in [6.45, 7) is 19.5. The molecule has 0 aromatic carbocycles. The Balaban J connectivity index is 3.06. The summed E-state index contributed by atoms with van der Waals surface area (Å²) in [5, 5.41) is 0. The number of aromatic nitrogens is 2. The van der Waals surface area contributed by atoms with Crippen LogP contribution in [0.3, 0.4) is 0 Å². The van der Waals surface area contributed by atoms with Crippen LogP contribution in [-0.2, 0) is 6.54 Å². The van der Waals surface area contributed by atoms with E-state index in [1.165, 1.54) is 0 Å². The standard InChI is InChI=1S/C16H31N3/c1-13(2)14(11-18-10-9-17-12-18)19(15(3,4)5)16(6,7)8/h9-10,12-14H,11H2,1-8H3. The van der Waals surface area contributed by atoms with Crippen LogP contribution in [0.1, 0.15) is 55.4 Å². The third-order valence-corrected chi connectivity index (χ3v) is 3.50. The van der Waals surface area contributed by atoms with E-state index in [9.17, 15) is 0 Å². The molecule has 0 saturated heterocycles. The number of imidazole rings is 1. The average molecular weight is 265 g/mol. The van der Waals surface area contributed by atoms with Crippen LogP contribution in [0.5, 0.6) is 0 Å². The Kier molecular flexibility index (Phi) is 4.83. The summed E-state index contributed by atoms with van der Waals surface area (Å²) in [5.74, 6) is 0.598. The zero-order chi connectivity index (χ0) is 14.8. The number of nitrogens with zero attached hydrogens (tertiary/aromatic N) is 3. The van der Waals surface area contributed by atoms with Gasteiger partial charge < -0.3 is 4.57 Å². The highest BCUT2D eigenvalue weighted by Gasteiger charge is 2.38. The third kappa shape index (κ3) is 4.34. The highest BCUT2D eigenvalue weighted by Crippen LogP contribution is 2.31. The van der Waals surface area contributed by atoms with Gasteiger partial charge in [-0.05, 0) is 47.5 Å². The fraction of sp³-hybridized carbons (Fsp3) is 0.812. The van der Waals surface area contributed by atoms with Crippen LogP contribution in [0.15, 0.2) is 18.7 Å². The smallest absolute Gasteiger partial charge is 0.0946 e. The minimum Gasteiger partial charge on any atom is -0.336 e. The topological polar surface area (TPSA) is 21.1 Å². The Morgan fingerprint density at radius 3 is 1.89 bits per heavy atom. The van der Waals surface area contributed by atoms with E-state index in [0.717, 1.165) is 6.54 Å². The van der Waals surface area contributed by atoms with E-state index in [1.54, 1.807) is 0 Å². The summed E-state index contributed by atoms with van der Waals surface area (Å²) >= 11 is 0. The lowest BCUT2D eigenvalue weighted by atomic mass is 9.88. The molecule has 0 bridgehead atoms. The molecule has 110 valence electrons. The molecule has 0 radical (unpaired) electrons. The highest BCUT2D eigenvalue weighted by molar-refractivity contribution is 4.94. The van der Waals surface area contributed by atoms with Crippen molar-refractivity contribution in [2.45, 2.75) is 79.1 Å². The van der Waals surface area contributed by atoms with Crippen LogP contribution in [0.2, 0.25) is 0 Å². The number of hydrogen-bond acceptors (Lipinski definition) is 2. The van der Waals surface area contributed by atoms with Crippen LogP contribution < -0.4 is 0 Å². The maximum Gasteiger partial charge on any atom is 0.0946 e. The molecule has 3 heteroatoms. The minimum atomic E-state index is 0.147. The first-order valence-electron chi connectivity index (χ1n) is 7.28. The van der Waals surface area contributed by atoms with Gasteiger partial charge in [0.2, 0.25) is 0 Å². The second kappa shape index (κ2) is 5.66. The van der Waals surface area contributed by atoms with Gasteiger partial charge in [0.1, 0.15) is 0 Å². The SMILES string of the molecule is CC(C)C(Cn1ccnc1)N(C(C)(C)C)C(C)(C)C. The maximum atomic E-state index is 4.16. The van der Waals surface area contributed by atoms with E-state index in [2.05, 4.69) is 76.0 Å². The normalized spacial score (nSPS) is 15.3. The Bertz CT molecular complexity index is 352. The number of hydrogen-bond donors (Lipinski definition) is 0. The lowest BCUT2D eigenvalue weighted by molar-refractivity contribution is -0.0297. The molecule has 3 nitrogen and oxygen atoms in total. The van der Waals surface area contributed by atoms with Gasteiger partial charge in [-0.3, -0.25) is 4.90 Å². The second-order valence-electron chi connectivity index (χ2n) is 7.78. The lowest BCUT2D eigenvalue weighted by Gasteiger charge is -2.51. The minimum absolute atomic E-state index is 0.147. The predicted molar refractivity (Wildman–Crippen MR) is 82.2 cm³/mol. The van der Waals surface area contributed by atoms with Gasteiger partial charge in [-0.15, -0.1) is 0 Å². The first-order valence-corrected chi connectivity index (χ1v) is 7.28. The number of rotatable bonds is 4. The molecule has 1 unspecified atom stereocenters. The van der Waals surface area contributed by atoms with Crippen LogP contribution in [0, 0.1) is 5.92 Å². The van der Waals surface area contributed by atoms with E-state index < -0.39 is 0 Å². The summed E-state index contributed by atoms with van der Waals surface area (Å²) in [6.07, 6.45) is 5.83. The van der Waals surface area contributed by atoms with Crippen molar-refractivity contribution in [2.75, 3.05) is 0 Å². The molecule has 0 N–H and O–H groups in total. The first-order chi connectivity index (χ1) is 8.53. The molecule has 1 aromatic heterocycles. The summed E-state index contributed by atoms with van der Waals surface area (Å²) in [5.41, 5.74) is 0.293. The van der Waals surface area contributed by atoms with Crippen molar-refractivity contribution in [3.8, 4) is 0 Å². The van der Waals surface area contributed by atoms with Gasteiger partial charge in [0.15, 0.2) is 0 Å². The lowest BCUT2D eigenvalue weighted by Crippen LogP contribution is -2.60. The van der Waals surface area contributed by atoms with E-state index in [1.807, 2.05) is 12.5 Å². The van der Waals surface area contributed by atoms with E-state index in [0.29, 0.717) is 12.0 Å². The Labute approximate surface area is 119 Å². The molecule has 0 spiro atoms. The van der Waals surface area contributed by atoms with Crippen molar-refractivity contribution < 1.29 is 0 Å². The summed E-state index contributed by atoms with van der Waals surface area (Å²) in [4.78, 5) is 6.81. The summed E-state index contributed by atoms with van der Waals surface area (Å²) < 4.78 is 2.19. The molecule has 0 amide bonds. The van der Waals surface area contributed by atoms with Crippen LogP contribution in [-0.4, -0.2) is 31.6 Å². The highest BCUT2D eigenvalue weighted by atomic mass is 15.3. The Hall–Kier alpha value is -0.830. The van der Waals surface area contributed by atoms with Gasteiger partial charge in [0.05, 0.1) is 6.33 Å². The molecule has 0 aliphatic carbocycles. The molecule has 1 rings (SSSR count). The van der Waals surface area contributed by atoms with Crippen LogP contribution in [0.4, 0.5) is 0 Å². The zero-order valence-electron chi connectivity index (χ0n) is 13.9. The van der Waals surface area contributed by atoms with Crippen molar-refractivity contribution in [1.29, 1.82) is 0 Å². The monoisotopic (exact) mass is 265 g/mol. The van der Waals surface area contributed by atoms with Gasteiger partial charge in [0.25, 0.3) is 0 Å². The van der Waals surface area contributed by atoms with Gasteiger partial charge >= 0.3 is 0 Å². The fourth-order valence-corrected chi connectivity index (χ4v) is 3.20. The molecule has 0 fully saturated rings. The predicted octanol–water partition coefficient (Wildman–Crippen LogP) is 3.81. The van der Waals surface area contributed by atoms with Crippen LogP contribution in [0.25, 0.3) is 0 Å². The van der Waals surface area contributed by atoms with E-state index in [4.69, 9.17) is 0 Å². The largest absolute Gasteiger partial charge is 0.336 e. The quantitative estimate of drug-likeness (QED) is 0.825. The van der Waals surface area contributed by atoms with Gasteiger partial charge in [-0.2, -0.15) is 0 Å². The molecule has 1 atom stereocenters. The average Bonchev–Trinajstić information content (AvgIpc) is 2.64. The molecule has 19 heavy (non-hydrogen) atoms. The van der Waals surface area contributed by atoms with Crippen LogP contribution >= 0.6 is 0 Å². The fourth-order valence-electron chi connectivity index (χ4n) is 3.20. The molecule has 1 aromatic rings. The third-order valence-electron chi connectivity index (χ3n) is 3.50. The van der Waals surface area contributed by atoms with Crippen molar-refractivity contribution in [1.82, 2.24) is 14.5 Å². The van der Waals surface area contributed by atoms with Crippen molar-refractivity contribution >= 4 is 0 Å². The van der Waals surface area contributed by atoms with Crippen molar-refractivity contribution in [3.05, 3.63) is 18.7 Å². The van der Waals surface area contributed by atoms with Gasteiger partial charge in [0, 0.05) is 36.1 Å². The molecule has 0 aliphatic rings. The molecule has 0 saturated carbocycles. The van der Waals surface area contributed by atoms with E-state index >= 15 is 0 Å². The molecule has 1 heterocycles. The van der Waals surface area contributed by atoms with Gasteiger partial charge in [-0.25, -0.2) is 4.98 Å². The summed E-state index contributed by atoms with van der Waals surface area (Å²) in [7, 11) is 0. The summed E-state index contributed by atoms with van der Waals surface area (Å²) in [6, 6.07) is 0.495. The first kappa shape index (κ1) is 16.2. The van der Waals surface area contributed by atoms with Gasteiger partial charge in [-0.1, -0.05) is 13.8 Å². The Morgan fingerprint density at radius 2 is 1.58 bits per heavy atom. The van der Waals surface area contributed by atoms with E-state index in [-0.39, 0.29) is 11.1 Å². The zero-order valence-corrected chi connectivity index (χ0v) is 13.9. The maximum absolute atomic E-state index is 4.16. The Morgan fingerprint density at radius 1 is 1.05 bits per heavy atom. The molecular weight excluding hydrogens is 234 g/mol. The second-order valence-corrected chi connectivity index (χ2v) is 7.78. The molecular formula is C16H31N3. The van der Waals surface area contributed by atoms with Crippen molar-refractivity contribution in [2.24, 2.45) is 5.92 Å². The van der Waals surface area contributed by atoms with Crippen molar-refractivity contribution in [3.63, 3.8) is 0 Å². The molecule has 0 aliphatic heterocycles.